The fourth-order valence-corrected chi connectivity index (χ4v) is 2.24. The van der Waals surface area contributed by atoms with Gasteiger partial charge in [0.1, 0.15) is 17.0 Å². The number of fused-ring (bicyclic) bond motifs is 1. The highest BCUT2D eigenvalue weighted by molar-refractivity contribution is 5.97. The average Bonchev–Trinajstić information content (AvgIpc) is 2.40. The largest absolute Gasteiger partial charge is 0.508 e. The van der Waals surface area contributed by atoms with Crippen LogP contribution in [0, 0.1) is 6.92 Å². The monoisotopic (exact) mass is 281 g/mol. The first kappa shape index (κ1) is 14.4. The lowest BCUT2D eigenvalue weighted by molar-refractivity contribution is 0.475. The molecule has 1 aromatic heterocycles. The minimum atomic E-state index is 0. The van der Waals surface area contributed by atoms with Crippen molar-refractivity contribution in [1.82, 2.24) is 4.98 Å². The molecule has 1 heterocycles. The maximum absolute atomic E-state index is 9.91. The Labute approximate surface area is 127 Å². The maximum Gasteiger partial charge on any atom is 0.187 e. The Morgan fingerprint density at radius 1 is 0.950 bits per heavy atom. The number of benzene rings is 2. The molecule has 3 nitrogen and oxygen atoms in total. The molecule has 0 spiro atoms. The van der Waals surface area contributed by atoms with Gasteiger partial charge in [0, 0.05) is 11.1 Å². The summed E-state index contributed by atoms with van der Waals surface area (Å²) in [7, 11) is 0. The normalized spacial score (nSPS) is 10.2. The van der Waals surface area contributed by atoms with Crippen molar-refractivity contribution in [3.8, 4) is 22.6 Å². The minimum absolute atomic E-state index is 0. The second-order valence-electron chi connectivity index (χ2n) is 4.53. The molecule has 0 aliphatic carbocycles. The number of phenolic OH excluding ortho intramolecular Hbond substituents is 2. The molecular formula is C16H16AlNO2. The molecule has 2 aromatic carbocycles. The van der Waals surface area contributed by atoms with Crippen LogP contribution in [0.4, 0.5) is 0 Å². The third kappa shape index (κ3) is 2.49. The lowest BCUT2D eigenvalue weighted by atomic mass is 10.00. The SMILES string of the molecule is Cc1cc(-c2ccc(O)cc2)c2cccc(O)c2n1.[AlH3]. The number of para-hydroxylation sites is 1. The smallest absolute Gasteiger partial charge is 0.187 e. The molecule has 2 N–H and O–H groups in total. The second kappa shape index (κ2) is 5.54. The van der Waals surface area contributed by atoms with Crippen LogP contribution >= 0.6 is 0 Å². The highest BCUT2D eigenvalue weighted by Crippen LogP contribution is 2.33. The minimum Gasteiger partial charge on any atom is -0.508 e. The van der Waals surface area contributed by atoms with E-state index in [0.717, 1.165) is 22.2 Å². The molecule has 0 fully saturated rings. The van der Waals surface area contributed by atoms with Crippen LogP contribution in [-0.4, -0.2) is 32.6 Å². The van der Waals surface area contributed by atoms with Crippen LogP contribution in [0.25, 0.3) is 22.0 Å². The van der Waals surface area contributed by atoms with Crippen LogP contribution in [-0.2, 0) is 0 Å². The number of nitrogens with zero attached hydrogens (tertiary/aromatic N) is 1. The molecule has 100 valence electrons. The quantitative estimate of drug-likeness (QED) is 0.674. The number of rotatable bonds is 1. The van der Waals surface area contributed by atoms with Crippen LogP contribution in [0.1, 0.15) is 5.69 Å². The van der Waals surface area contributed by atoms with Gasteiger partial charge in [-0.2, -0.15) is 0 Å². The second-order valence-corrected chi connectivity index (χ2v) is 4.53. The number of phenols is 2. The lowest BCUT2D eigenvalue weighted by Gasteiger charge is -2.09. The van der Waals surface area contributed by atoms with Gasteiger partial charge in [0.05, 0.1) is 0 Å². The molecule has 20 heavy (non-hydrogen) atoms. The van der Waals surface area contributed by atoms with Crippen LogP contribution in [0.2, 0.25) is 0 Å². The van der Waals surface area contributed by atoms with Crippen molar-refractivity contribution in [2.45, 2.75) is 6.92 Å². The fourth-order valence-electron chi connectivity index (χ4n) is 2.24. The van der Waals surface area contributed by atoms with E-state index >= 15 is 0 Å². The van der Waals surface area contributed by atoms with Crippen molar-refractivity contribution in [2.75, 3.05) is 0 Å². The van der Waals surface area contributed by atoms with E-state index in [4.69, 9.17) is 0 Å². The first-order valence-corrected chi connectivity index (χ1v) is 6.04. The van der Waals surface area contributed by atoms with Gasteiger partial charge in [-0.3, -0.25) is 0 Å². The average molecular weight is 281 g/mol. The number of hydrogen-bond donors (Lipinski definition) is 2. The highest BCUT2D eigenvalue weighted by Gasteiger charge is 2.09. The number of pyridine rings is 1. The summed E-state index contributed by atoms with van der Waals surface area (Å²) in [5, 5.41) is 20.2. The van der Waals surface area contributed by atoms with Crippen molar-refractivity contribution >= 4 is 28.3 Å². The molecule has 0 saturated carbocycles. The lowest BCUT2D eigenvalue weighted by Crippen LogP contribution is -1.88. The van der Waals surface area contributed by atoms with Gasteiger partial charge in [0.25, 0.3) is 0 Å². The van der Waals surface area contributed by atoms with E-state index in [1.54, 1.807) is 24.3 Å². The molecule has 0 amide bonds. The summed E-state index contributed by atoms with van der Waals surface area (Å²) >= 11 is 0. The molecular weight excluding hydrogens is 265 g/mol. The van der Waals surface area contributed by atoms with Crippen LogP contribution in [0.3, 0.4) is 0 Å². The Hall–Kier alpha value is -2.02. The standard InChI is InChI=1S/C16H13NO2.Al.3H/c1-10-9-14(11-5-7-12(18)8-6-11)13-3-2-4-15(19)16(13)17-10;;;;/h2-9,18-19H,1H3;;;;. The van der Waals surface area contributed by atoms with E-state index in [1.807, 2.05) is 31.2 Å². The summed E-state index contributed by atoms with van der Waals surface area (Å²) in [6.07, 6.45) is 0. The van der Waals surface area contributed by atoms with Crippen LogP contribution in [0.15, 0.2) is 48.5 Å². The fraction of sp³-hybridized carbons (Fsp3) is 0.0625. The van der Waals surface area contributed by atoms with E-state index < -0.39 is 0 Å². The van der Waals surface area contributed by atoms with Gasteiger partial charge in [-0.05, 0) is 42.3 Å². The van der Waals surface area contributed by atoms with Gasteiger partial charge in [-0.25, -0.2) is 4.98 Å². The summed E-state index contributed by atoms with van der Waals surface area (Å²) in [5.41, 5.74) is 3.43. The third-order valence-corrected chi connectivity index (χ3v) is 3.12. The van der Waals surface area contributed by atoms with Crippen molar-refractivity contribution in [3.63, 3.8) is 0 Å². The molecule has 0 aliphatic rings. The molecule has 3 rings (SSSR count). The van der Waals surface area contributed by atoms with Gasteiger partial charge < -0.3 is 10.2 Å². The molecule has 0 saturated heterocycles. The molecule has 4 heteroatoms. The topological polar surface area (TPSA) is 53.4 Å². The zero-order chi connectivity index (χ0) is 13.4. The Kier molecular flexibility index (Phi) is 3.99. The van der Waals surface area contributed by atoms with E-state index in [9.17, 15) is 10.2 Å². The first-order valence-electron chi connectivity index (χ1n) is 6.04. The summed E-state index contributed by atoms with van der Waals surface area (Å²) in [5.74, 6) is 0.419. The van der Waals surface area contributed by atoms with Gasteiger partial charge in [0.2, 0.25) is 0 Å². The Morgan fingerprint density at radius 3 is 2.35 bits per heavy atom. The van der Waals surface area contributed by atoms with E-state index in [-0.39, 0.29) is 28.9 Å². The van der Waals surface area contributed by atoms with E-state index in [1.165, 1.54) is 0 Å². The van der Waals surface area contributed by atoms with Gasteiger partial charge in [0.15, 0.2) is 17.4 Å². The Bertz CT molecular complexity index is 754. The molecule has 0 bridgehead atoms. The zero-order valence-electron chi connectivity index (χ0n) is 10.5. The predicted octanol–water partition coefficient (Wildman–Crippen LogP) is 2.44. The number of hydrogen-bond acceptors (Lipinski definition) is 3. The Morgan fingerprint density at radius 2 is 1.65 bits per heavy atom. The van der Waals surface area contributed by atoms with Gasteiger partial charge in [-0.15, -0.1) is 0 Å². The van der Waals surface area contributed by atoms with Crippen molar-refractivity contribution in [3.05, 3.63) is 54.2 Å². The summed E-state index contributed by atoms with van der Waals surface area (Å²) in [4.78, 5) is 4.38. The predicted molar refractivity (Wildman–Crippen MR) is 85.2 cm³/mol. The summed E-state index contributed by atoms with van der Waals surface area (Å²) in [6.45, 7) is 1.90. The Balaban J connectivity index is 0.00000147. The van der Waals surface area contributed by atoms with Crippen molar-refractivity contribution in [1.29, 1.82) is 0 Å². The van der Waals surface area contributed by atoms with E-state index in [0.29, 0.717) is 5.52 Å². The number of aromatic nitrogens is 1. The molecule has 3 aromatic rings. The zero-order valence-corrected chi connectivity index (χ0v) is 10.5. The molecule has 0 atom stereocenters. The van der Waals surface area contributed by atoms with Crippen molar-refractivity contribution < 1.29 is 10.2 Å². The van der Waals surface area contributed by atoms with Crippen molar-refractivity contribution in [2.24, 2.45) is 0 Å². The van der Waals surface area contributed by atoms with Crippen LogP contribution in [0.5, 0.6) is 11.5 Å². The van der Waals surface area contributed by atoms with E-state index in [2.05, 4.69) is 4.98 Å². The third-order valence-electron chi connectivity index (χ3n) is 3.12. The molecule has 0 radical (unpaired) electrons. The highest BCUT2D eigenvalue weighted by atomic mass is 27.0. The molecule has 0 unspecified atom stereocenters. The first-order chi connectivity index (χ1) is 9.15. The number of aryl methyl sites for hydroxylation is 1. The summed E-state index contributed by atoms with van der Waals surface area (Å²) in [6, 6.07) is 14.4. The molecule has 0 aliphatic heterocycles. The van der Waals surface area contributed by atoms with Gasteiger partial charge >= 0.3 is 0 Å². The maximum atomic E-state index is 9.91. The number of aromatic hydroxyl groups is 2. The van der Waals surface area contributed by atoms with Crippen LogP contribution < -0.4 is 0 Å². The summed E-state index contributed by atoms with van der Waals surface area (Å²) < 4.78 is 0. The van der Waals surface area contributed by atoms with Gasteiger partial charge in [-0.1, -0.05) is 24.3 Å².